The third kappa shape index (κ3) is 4.48. The van der Waals surface area contributed by atoms with Gasteiger partial charge in [-0.15, -0.1) is 0 Å². The lowest BCUT2D eigenvalue weighted by atomic mass is 10.0. The number of carbonyl (C=O) groups is 1. The van der Waals surface area contributed by atoms with Crippen molar-refractivity contribution >= 4 is 6.09 Å². The van der Waals surface area contributed by atoms with E-state index in [4.69, 9.17) is 18.9 Å². The van der Waals surface area contributed by atoms with Gasteiger partial charge in [0.25, 0.3) is 0 Å². The average Bonchev–Trinajstić information content (AvgIpc) is 2.58. The number of carbonyl (C=O) groups excluding carboxylic acids is 1. The summed E-state index contributed by atoms with van der Waals surface area (Å²) in [5.74, 6) is 1.65. The maximum absolute atomic E-state index is 12.6. The molecule has 0 aromatic heterocycles. The molecule has 7 heteroatoms. The molecule has 1 atom stereocenters. The van der Waals surface area contributed by atoms with Crippen LogP contribution in [0, 0.1) is 0 Å². The Morgan fingerprint density at radius 3 is 2.20 bits per heavy atom. The predicted octanol–water partition coefficient (Wildman–Crippen LogP) is 2.59. The molecule has 0 bridgehead atoms. The number of ether oxygens (including phenoxy) is 4. The van der Waals surface area contributed by atoms with Gasteiger partial charge in [-0.1, -0.05) is 0 Å². The number of hydrogen-bond donors (Lipinski definition) is 1. The minimum atomic E-state index is -0.540. The maximum atomic E-state index is 12.6. The number of piperazine rings is 1. The summed E-state index contributed by atoms with van der Waals surface area (Å²) >= 11 is 0. The second-order valence-corrected chi connectivity index (χ2v) is 6.85. The van der Waals surface area contributed by atoms with E-state index in [0.717, 1.165) is 12.1 Å². The lowest BCUT2D eigenvalue weighted by Crippen LogP contribution is -2.50. The molecule has 1 aliphatic rings. The number of hydrogen-bond acceptors (Lipinski definition) is 6. The third-order valence-electron chi connectivity index (χ3n) is 3.94. The molecule has 1 aromatic rings. The van der Waals surface area contributed by atoms with Gasteiger partial charge in [0, 0.05) is 19.6 Å². The first-order chi connectivity index (χ1) is 11.8. The summed E-state index contributed by atoms with van der Waals surface area (Å²) in [5.41, 5.74) is 0.356. The molecule has 1 saturated heterocycles. The van der Waals surface area contributed by atoms with Crippen molar-refractivity contribution in [2.45, 2.75) is 32.4 Å². The molecule has 1 unspecified atom stereocenters. The van der Waals surface area contributed by atoms with Crippen LogP contribution in [0.1, 0.15) is 32.4 Å². The van der Waals surface area contributed by atoms with Gasteiger partial charge in [0.15, 0.2) is 11.5 Å². The highest BCUT2D eigenvalue weighted by Gasteiger charge is 2.32. The van der Waals surface area contributed by atoms with Crippen molar-refractivity contribution in [2.24, 2.45) is 0 Å². The molecule has 0 aliphatic carbocycles. The number of nitrogens with zero attached hydrogens (tertiary/aromatic N) is 1. The molecule has 1 aliphatic heterocycles. The van der Waals surface area contributed by atoms with Crippen LogP contribution in [0.25, 0.3) is 0 Å². The summed E-state index contributed by atoms with van der Waals surface area (Å²) in [6.07, 6.45) is -0.326. The molecule has 1 fully saturated rings. The lowest BCUT2D eigenvalue weighted by molar-refractivity contribution is 0.0117. The zero-order valence-electron chi connectivity index (χ0n) is 15.8. The zero-order valence-corrected chi connectivity index (χ0v) is 15.8. The summed E-state index contributed by atoms with van der Waals surface area (Å²) in [4.78, 5) is 14.4. The smallest absolute Gasteiger partial charge is 0.410 e. The van der Waals surface area contributed by atoms with Gasteiger partial charge in [-0.05, 0) is 38.5 Å². The monoisotopic (exact) mass is 352 g/mol. The van der Waals surface area contributed by atoms with Crippen LogP contribution in [0.2, 0.25) is 0 Å². The fourth-order valence-electron chi connectivity index (χ4n) is 2.83. The van der Waals surface area contributed by atoms with Gasteiger partial charge in [0.05, 0.1) is 27.4 Å². The molecule has 25 heavy (non-hydrogen) atoms. The van der Waals surface area contributed by atoms with Crippen LogP contribution in [0.3, 0.4) is 0 Å². The SMILES string of the molecule is COc1cc(C2CNCCN2C(=O)OC(C)(C)C)cc(OC)c1OC. The van der Waals surface area contributed by atoms with Crippen LogP contribution in [0.15, 0.2) is 12.1 Å². The number of methoxy groups -OCH3 is 3. The first kappa shape index (κ1) is 19.2. The maximum Gasteiger partial charge on any atom is 0.410 e. The largest absolute Gasteiger partial charge is 0.493 e. The molecule has 7 nitrogen and oxygen atoms in total. The Hall–Kier alpha value is -2.15. The van der Waals surface area contributed by atoms with E-state index in [9.17, 15) is 4.79 Å². The fraction of sp³-hybridized carbons (Fsp3) is 0.611. The van der Waals surface area contributed by atoms with Crippen LogP contribution in [-0.2, 0) is 4.74 Å². The Kier molecular flexibility index (Phi) is 6.00. The third-order valence-corrected chi connectivity index (χ3v) is 3.94. The van der Waals surface area contributed by atoms with Crippen LogP contribution >= 0.6 is 0 Å². The highest BCUT2D eigenvalue weighted by molar-refractivity contribution is 5.69. The second kappa shape index (κ2) is 7.82. The van der Waals surface area contributed by atoms with E-state index in [-0.39, 0.29) is 12.1 Å². The Bertz CT molecular complexity index is 587. The van der Waals surface area contributed by atoms with Crippen molar-refractivity contribution in [3.05, 3.63) is 17.7 Å². The van der Waals surface area contributed by atoms with E-state index in [1.807, 2.05) is 32.9 Å². The molecule has 1 aromatic carbocycles. The Morgan fingerprint density at radius 2 is 1.72 bits per heavy atom. The highest BCUT2D eigenvalue weighted by atomic mass is 16.6. The summed E-state index contributed by atoms with van der Waals surface area (Å²) in [7, 11) is 4.72. The predicted molar refractivity (Wildman–Crippen MR) is 94.6 cm³/mol. The van der Waals surface area contributed by atoms with E-state index >= 15 is 0 Å². The van der Waals surface area contributed by atoms with Crippen molar-refractivity contribution in [1.29, 1.82) is 0 Å². The zero-order chi connectivity index (χ0) is 18.6. The number of nitrogens with one attached hydrogen (secondary N) is 1. The first-order valence-electron chi connectivity index (χ1n) is 8.31. The van der Waals surface area contributed by atoms with Crippen molar-refractivity contribution < 1.29 is 23.7 Å². The standard InChI is InChI=1S/C18H28N2O5/c1-18(2,3)25-17(21)20-8-7-19-11-13(20)12-9-14(22-4)16(24-6)15(10-12)23-5/h9-10,13,19H,7-8,11H2,1-6H3. The molecule has 1 N–H and O–H groups in total. The summed E-state index contributed by atoms with van der Waals surface area (Å²) in [5, 5.41) is 3.32. The van der Waals surface area contributed by atoms with Crippen LogP contribution in [0.4, 0.5) is 4.79 Å². The topological polar surface area (TPSA) is 69.3 Å². The van der Waals surface area contributed by atoms with E-state index in [2.05, 4.69) is 5.32 Å². The molecule has 140 valence electrons. The molecular weight excluding hydrogens is 324 g/mol. The van der Waals surface area contributed by atoms with Gasteiger partial charge in [-0.25, -0.2) is 4.79 Å². The van der Waals surface area contributed by atoms with E-state index in [1.54, 1.807) is 26.2 Å². The van der Waals surface area contributed by atoms with E-state index < -0.39 is 5.60 Å². The summed E-state index contributed by atoms with van der Waals surface area (Å²) < 4.78 is 21.8. The van der Waals surface area contributed by atoms with Gasteiger partial charge < -0.3 is 24.3 Å². The van der Waals surface area contributed by atoms with Crippen molar-refractivity contribution in [3.8, 4) is 17.2 Å². The fourth-order valence-corrected chi connectivity index (χ4v) is 2.83. The molecule has 0 saturated carbocycles. The second-order valence-electron chi connectivity index (χ2n) is 6.85. The molecular formula is C18H28N2O5. The molecule has 0 radical (unpaired) electrons. The van der Waals surface area contributed by atoms with Gasteiger partial charge in [-0.2, -0.15) is 0 Å². The lowest BCUT2D eigenvalue weighted by Gasteiger charge is -2.37. The minimum Gasteiger partial charge on any atom is -0.493 e. The molecule has 1 heterocycles. The van der Waals surface area contributed by atoms with Crippen molar-refractivity contribution in [3.63, 3.8) is 0 Å². The Labute approximate surface area is 149 Å². The van der Waals surface area contributed by atoms with Crippen LogP contribution < -0.4 is 19.5 Å². The number of benzene rings is 1. The van der Waals surface area contributed by atoms with Gasteiger partial charge in [0.2, 0.25) is 5.75 Å². The van der Waals surface area contributed by atoms with Crippen molar-refractivity contribution in [2.75, 3.05) is 41.0 Å². The quantitative estimate of drug-likeness (QED) is 0.898. The Morgan fingerprint density at radius 1 is 1.12 bits per heavy atom. The van der Waals surface area contributed by atoms with E-state index in [0.29, 0.717) is 30.3 Å². The molecule has 2 rings (SSSR count). The first-order valence-corrected chi connectivity index (χ1v) is 8.31. The summed E-state index contributed by atoms with van der Waals surface area (Å²) in [6, 6.07) is 3.56. The molecule has 1 amide bonds. The minimum absolute atomic E-state index is 0.183. The van der Waals surface area contributed by atoms with E-state index in [1.165, 1.54) is 0 Å². The van der Waals surface area contributed by atoms with Crippen LogP contribution in [-0.4, -0.2) is 57.6 Å². The molecule has 0 spiro atoms. The van der Waals surface area contributed by atoms with Gasteiger partial charge >= 0.3 is 6.09 Å². The van der Waals surface area contributed by atoms with Crippen LogP contribution in [0.5, 0.6) is 17.2 Å². The highest BCUT2D eigenvalue weighted by Crippen LogP contribution is 2.41. The number of rotatable bonds is 4. The normalized spacial score (nSPS) is 17.8. The average molecular weight is 352 g/mol. The van der Waals surface area contributed by atoms with Gasteiger partial charge in [0.1, 0.15) is 5.60 Å². The van der Waals surface area contributed by atoms with Gasteiger partial charge in [-0.3, -0.25) is 4.90 Å². The van der Waals surface area contributed by atoms with Crippen molar-refractivity contribution in [1.82, 2.24) is 10.2 Å². The Balaban J connectivity index is 2.38. The summed E-state index contributed by atoms with van der Waals surface area (Å²) in [6.45, 7) is 7.50. The number of amides is 1.